The Morgan fingerprint density at radius 3 is 2.54 bits per heavy atom. The first-order valence-electron chi connectivity index (χ1n) is 9.22. The lowest BCUT2D eigenvalue weighted by atomic mass is 10.1. The Morgan fingerprint density at radius 2 is 1.82 bits per heavy atom. The van der Waals surface area contributed by atoms with E-state index in [1.54, 1.807) is 20.8 Å². The van der Waals surface area contributed by atoms with Crippen molar-refractivity contribution in [2.24, 2.45) is 0 Å². The molecule has 0 saturated carbocycles. The van der Waals surface area contributed by atoms with Gasteiger partial charge in [0.25, 0.3) is 0 Å². The molecule has 2 amide bonds. The van der Waals surface area contributed by atoms with Crippen molar-refractivity contribution in [1.82, 2.24) is 10.3 Å². The summed E-state index contributed by atoms with van der Waals surface area (Å²) in [5.41, 5.74) is 1.96. The van der Waals surface area contributed by atoms with E-state index in [0.717, 1.165) is 16.5 Å². The summed E-state index contributed by atoms with van der Waals surface area (Å²) < 4.78 is 5.32. The van der Waals surface area contributed by atoms with Gasteiger partial charge in [0.2, 0.25) is 5.91 Å². The number of fused-ring (bicyclic) bond motifs is 1. The van der Waals surface area contributed by atoms with E-state index < -0.39 is 17.7 Å². The van der Waals surface area contributed by atoms with Gasteiger partial charge in [-0.2, -0.15) is 0 Å². The topological polar surface area (TPSA) is 83.2 Å². The molecule has 0 fully saturated rings. The minimum Gasteiger partial charge on any atom is -0.444 e. The number of aromatic nitrogens is 1. The SMILES string of the molecule is CC(C)(C)OC(=O)NC(Cc1ccccc1)C(=O)Nc1ccc2[nH]ccc2c1. The van der Waals surface area contributed by atoms with Gasteiger partial charge in [-0.25, -0.2) is 4.79 Å². The smallest absolute Gasteiger partial charge is 0.408 e. The quantitative estimate of drug-likeness (QED) is 0.620. The highest BCUT2D eigenvalue weighted by Crippen LogP contribution is 2.18. The molecule has 1 atom stereocenters. The molecule has 3 N–H and O–H groups in total. The molecule has 0 radical (unpaired) electrons. The number of carbonyl (C=O) groups is 2. The molecule has 2 aromatic carbocycles. The van der Waals surface area contributed by atoms with E-state index in [1.165, 1.54) is 0 Å². The monoisotopic (exact) mass is 379 g/mol. The molecule has 0 spiro atoms. The standard InChI is InChI=1S/C22H25N3O3/c1-22(2,3)28-21(27)25-19(13-15-7-5-4-6-8-15)20(26)24-17-9-10-18-16(14-17)11-12-23-18/h4-12,14,19,23H,13H2,1-3H3,(H,24,26)(H,25,27). The highest BCUT2D eigenvalue weighted by Gasteiger charge is 2.25. The number of rotatable bonds is 5. The van der Waals surface area contributed by atoms with Gasteiger partial charge in [-0.1, -0.05) is 30.3 Å². The molecule has 1 aromatic heterocycles. The Morgan fingerprint density at radius 1 is 1.07 bits per heavy atom. The van der Waals surface area contributed by atoms with Crippen LogP contribution in [0.2, 0.25) is 0 Å². The van der Waals surface area contributed by atoms with Crippen LogP contribution < -0.4 is 10.6 Å². The maximum absolute atomic E-state index is 12.9. The van der Waals surface area contributed by atoms with Crippen LogP contribution in [0.4, 0.5) is 10.5 Å². The highest BCUT2D eigenvalue weighted by atomic mass is 16.6. The van der Waals surface area contributed by atoms with Crippen LogP contribution in [0.25, 0.3) is 10.9 Å². The van der Waals surface area contributed by atoms with Crippen molar-refractivity contribution >= 4 is 28.6 Å². The maximum atomic E-state index is 12.9. The predicted molar refractivity (Wildman–Crippen MR) is 110 cm³/mol. The number of anilines is 1. The molecule has 1 heterocycles. The number of amides is 2. The van der Waals surface area contributed by atoms with Crippen molar-refractivity contribution in [2.45, 2.75) is 38.8 Å². The third-order valence-corrected chi connectivity index (χ3v) is 4.11. The zero-order chi connectivity index (χ0) is 20.1. The van der Waals surface area contributed by atoms with Crippen LogP contribution in [0, 0.1) is 0 Å². The third kappa shape index (κ3) is 5.36. The van der Waals surface area contributed by atoms with E-state index in [2.05, 4.69) is 15.6 Å². The van der Waals surface area contributed by atoms with Crippen LogP contribution in [0.1, 0.15) is 26.3 Å². The molecule has 1 unspecified atom stereocenters. The predicted octanol–water partition coefficient (Wildman–Crippen LogP) is 4.24. The van der Waals surface area contributed by atoms with Gasteiger partial charge in [0.15, 0.2) is 0 Å². The average Bonchev–Trinajstić information content (AvgIpc) is 3.08. The number of aromatic amines is 1. The number of H-pyrrole nitrogens is 1. The Balaban J connectivity index is 1.75. The lowest BCUT2D eigenvalue weighted by Gasteiger charge is -2.23. The van der Waals surface area contributed by atoms with Gasteiger partial charge in [-0.15, -0.1) is 0 Å². The second-order valence-electron chi connectivity index (χ2n) is 7.66. The largest absolute Gasteiger partial charge is 0.444 e. The van der Waals surface area contributed by atoms with Gasteiger partial charge in [0.1, 0.15) is 11.6 Å². The molecule has 0 aliphatic heterocycles. The normalized spacial score (nSPS) is 12.4. The second-order valence-corrected chi connectivity index (χ2v) is 7.66. The van der Waals surface area contributed by atoms with Crippen molar-refractivity contribution < 1.29 is 14.3 Å². The van der Waals surface area contributed by atoms with Gasteiger partial charge >= 0.3 is 6.09 Å². The van der Waals surface area contributed by atoms with Crippen molar-refractivity contribution in [3.8, 4) is 0 Å². The number of carbonyl (C=O) groups excluding carboxylic acids is 2. The molecule has 146 valence electrons. The summed E-state index contributed by atoms with van der Waals surface area (Å²) in [4.78, 5) is 28.3. The summed E-state index contributed by atoms with van der Waals surface area (Å²) >= 11 is 0. The van der Waals surface area contributed by atoms with Crippen LogP contribution in [0.5, 0.6) is 0 Å². The molecular weight excluding hydrogens is 354 g/mol. The molecule has 3 aromatic rings. The Hall–Kier alpha value is -3.28. The number of hydrogen-bond donors (Lipinski definition) is 3. The van der Waals surface area contributed by atoms with E-state index in [9.17, 15) is 9.59 Å². The first-order chi connectivity index (χ1) is 13.3. The molecule has 0 aliphatic rings. The number of ether oxygens (including phenoxy) is 1. The Kier molecular flexibility index (Phi) is 5.68. The Bertz CT molecular complexity index is 958. The fourth-order valence-electron chi connectivity index (χ4n) is 2.87. The second kappa shape index (κ2) is 8.17. The maximum Gasteiger partial charge on any atom is 0.408 e. The number of hydrogen-bond acceptors (Lipinski definition) is 3. The fraction of sp³-hybridized carbons (Fsp3) is 0.273. The molecular formula is C22H25N3O3. The van der Waals surface area contributed by atoms with Crippen LogP contribution >= 0.6 is 0 Å². The first-order valence-corrected chi connectivity index (χ1v) is 9.22. The number of alkyl carbamates (subject to hydrolysis) is 1. The van der Waals surface area contributed by atoms with Gasteiger partial charge in [-0.3, -0.25) is 4.79 Å². The summed E-state index contributed by atoms with van der Waals surface area (Å²) in [6.07, 6.45) is 1.58. The zero-order valence-electron chi connectivity index (χ0n) is 16.3. The van der Waals surface area contributed by atoms with Gasteiger partial charge < -0.3 is 20.4 Å². The summed E-state index contributed by atoms with van der Waals surface area (Å²) in [5, 5.41) is 6.58. The third-order valence-electron chi connectivity index (χ3n) is 4.11. The molecule has 3 rings (SSSR count). The summed E-state index contributed by atoms with van der Waals surface area (Å²) in [7, 11) is 0. The van der Waals surface area contributed by atoms with Crippen LogP contribution in [-0.2, 0) is 16.0 Å². The van der Waals surface area contributed by atoms with Gasteiger partial charge in [0, 0.05) is 29.2 Å². The van der Waals surface area contributed by atoms with Crippen LogP contribution in [-0.4, -0.2) is 28.6 Å². The number of benzene rings is 2. The zero-order valence-corrected chi connectivity index (χ0v) is 16.3. The Labute approximate surface area is 164 Å². The van der Waals surface area contributed by atoms with Gasteiger partial charge in [-0.05, 0) is 50.6 Å². The van der Waals surface area contributed by atoms with Crippen molar-refractivity contribution in [1.29, 1.82) is 0 Å². The summed E-state index contributed by atoms with van der Waals surface area (Å²) in [5.74, 6) is -0.301. The van der Waals surface area contributed by atoms with Crippen LogP contribution in [0.15, 0.2) is 60.8 Å². The van der Waals surface area contributed by atoms with Crippen molar-refractivity contribution in [3.63, 3.8) is 0 Å². The first kappa shape index (κ1) is 19.5. The molecule has 28 heavy (non-hydrogen) atoms. The summed E-state index contributed by atoms with van der Waals surface area (Å²) in [6, 6.07) is 16.3. The minimum absolute atomic E-state index is 0.301. The van der Waals surface area contributed by atoms with E-state index in [4.69, 9.17) is 4.74 Å². The highest BCUT2D eigenvalue weighted by molar-refractivity contribution is 5.98. The molecule has 0 aliphatic carbocycles. The average molecular weight is 379 g/mol. The van der Waals surface area contributed by atoms with Crippen LogP contribution in [0.3, 0.4) is 0 Å². The molecule has 0 saturated heterocycles. The molecule has 0 bridgehead atoms. The lowest BCUT2D eigenvalue weighted by molar-refractivity contribution is -0.118. The van der Waals surface area contributed by atoms with E-state index in [1.807, 2.05) is 60.8 Å². The number of nitrogens with one attached hydrogen (secondary N) is 3. The van der Waals surface area contributed by atoms with Crippen molar-refractivity contribution in [3.05, 3.63) is 66.4 Å². The van der Waals surface area contributed by atoms with E-state index in [-0.39, 0.29) is 5.91 Å². The summed E-state index contributed by atoms with van der Waals surface area (Å²) in [6.45, 7) is 5.35. The lowest BCUT2D eigenvalue weighted by Crippen LogP contribution is -2.47. The molecule has 6 nitrogen and oxygen atoms in total. The fourth-order valence-corrected chi connectivity index (χ4v) is 2.87. The van der Waals surface area contributed by atoms with Gasteiger partial charge in [0.05, 0.1) is 0 Å². The van der Waals surface area contributed by atoms with E-state index in [0.29, 0.717) is 12.1 Å². The molecule has 6 heteroatoms. The minimum atomic E-state index is -0.765. The van der Waals surface area contributed by atoms with Crippen molar-refractivity contribution in [2.75, 3.05) is 5.32 Å². The van der Waals surface area contributed by atoms with E-state index >= 15 is 0 Å².